The summed E-state index contributed by atoms with van der Waals surface area (Å²) in [7, 11) is -3.48. The normalized spacial score (nSPS) is 15.2. The summed E-state index contributed by atoms with van der Waals surface area (Å²) in [6, 6.07) is 7.30. The summed E-state index contributed by atoms with van der Waals surface area (Å²) < 4.78 is 30.0. The van der Waals surface area contributed by atoms with Crippen molar-refractivity contribution in [3.8, 4) is 11.4 Å². The Kier molecular flexibility index (Phi) is 6.13. The van der Waals surface area contributed by atoms with Crippen LogP contribution in [0.25, 0.3) is 11.4 Å². The van der Waals surface area contributed by atoms with Gasteiger partial charge in [0, 0.05) is 62.3 Å². The molecule has 1 aliphatic heterocycles. The number of rotatable bonds is 6. The van der Waals surface area contributed by atoms with Crippen LogP contribution < -0.4 is 0 Å². The molecule has 0 N–H and O–H groups in total. The molecule has 4 heterocycles. The number of hydrogen-bond donors (Lipinski definition) is 0. The maximum Gasteiger partial charge on any atom is 0.223 e. The van der Waals surface area contributed by atoms with Crippen molar-refractivity contribution in [2.24, 2.45) is 0 Å². The summed E-state index contributed by atoms with van der Waals surface area (Å²) in [6.07, 6.45) is 9.75. The number of aromatic nitrogens is 3. The molecule has 0 radical (unpaired) electrons. The highest BCUT2D eigenvalue weighted by atomic mass is 32.2. The van der Waals surface area contributed by atoms with Gasteiger partial charge in [-0.25, -0.2) is 18.4 Å². The quantitative estimate of drug-likeness (QED) is 0.580. The summed E-state index contributed by atoms with van der Waals surface area (Å²) in [5.41, 5.74) is 1.26. The molecule has 8 nitrogen and oxygen atoms in total. The summed E-state index contributed by atoms with van der Waals surface area (Å²) >= 11 is 0. The number of piperidine rings is 1. The van der Waals surface area contributed by atoms with E-state index in [4.69, 9.17) is 4.42 Å². The number of aryl methyl sites for hydroxylation is 1. The summed E-state index contributed by atoms with van der Waals surface area (Å²) in [5.74, 6) is 1.27. The van der Waals surface area contributed by atoms with E-state index in [9.17, 15) is 13.2 Å². The molecule has 1 aliphatic rings. The van der Waals surface area contributed by atoms with Gasteiger partial charge in [-0.2, -0.15) is 0 Å². The predicted molar refractivity (Wildman–Crippen MR) is 114 cm³/mol. The zero-order chi connectivity index (χ0) is 21.8. The summed E-state index contributed by atoms with van der Waals surface area (Å²) in [6.45, 7) is 1.13. The fourth-order valence-corrected chi connectivity index (χ4v) is 4.68. The van der Waals surface area contributed by atoms with Gasteiger partial charge in [-0.3, -0.25) is 9.78 Å². The van der Waals surface area contributed by atoms with Gasteiger partial charge in [0.05, 0.1) is 12.0 Å². The number of likely N-dealkylation sites (tertiary alicyclic amines) is 1. The molecule has 31 heavy (non-hydrogen) atoms. The molecule has 0 bridgehead atoms. The molecule has 0 unspecified atom stereocenters. The average Bonchev–Trinajstić information content (AvgIpc) is 3.31. The lowest BCUT2D eigenvalue weighted by Crippen LogP contribution is -2.38. The third kappa shape index (κ3) is 4.99. The molecule has 1 amide bonds. The Morgan fingerprint density at radius 3 is 2.65 bits per heavy atom. The Labute approximate surface area is 181 Å². The fraction of sp³-hybridized carbons (Fsp3) is 0.364. The third-order valence-corrected chi connectivity index (χ3v) is 6.62. The highest BCUT2D eigenvalue weighted by Crippen LogP contribution is 2.32. The van der Waals surface area contributed by atoms with Crippen molar-refractivity contribution < 1.29 is 17.6 Å². The van der Waals surface area contributed by atoms with Crippen LogP contribution in [0.1, 0.15) is 36.6 Å². The van der Waals surface area contributed by atoms with E-state index in [0.29, 0.717) is 50.3 Å². The van der Waals surface area contributed by atoms with Gasteiger partial charge in [0.25, 0.3) is 0 Å². The Hall–Kier alpha value is -3.07. The van der Waals surface area contributed by atoms with Gasteiger partial charge in [0.15, 0.2) is 15.7 Å². The van der Waals surface area contributed by atoms with E-state index in [1.807, 2.05) is 23.1 Å². The molecule has 1 saturated heterocycles. The van der Waals surface area contributed by atoms with Gasteiger partial charge in [0.2, 0.25) is 5.91 Å². The van der Waals surface area contributed by atoms with Gasteiger partial charge in [-0.1, -0.05) is 0 Å². The Balaban J connectivity index is 1.49. The molecular weight excluding hydrogens is 416 g/mol. The summed E-state index contributed by atoms with van der Waals surface area (Å²) in [5, 5.41) is 0. The van der Waals surface area contributed by atoms with Crippen LogP contribution in [0.3, 0.4) is 0 Å². The van der Waals surface area contributed by atoms with Crippen LogP contribution in [-0.4, -0.2) is 53.5 Å². The Morgan fingerprint density at radius 1 is 1.19 bits per heavy atom. The number of pyridine rings is 1. The van der Waals surface area contributed by atoms with Gasteiger partial charge < -0.3 is 9.32 Å². The number of carbonyl (C=O) groups is 1. The Bertz CT molecular complexity index is 1140. The minimum Gasteiger partial charge on any atom is -0.469 e. The lowest BCUT2D eigenvalue weighted by Gasteiger charge is -2.32. The van der Waals surface area contributed by atoms with Crippen LogP contribution in [0.4, 0.5) is 0 Å². The number of amides is 1. The van der Waals surface area contributed by atoms with Crippen molar-refractivity contribution in [2.45, 2.75) is 36.5 Å². The predicted octanol–water partition coefficient (Wildman–Crippen LogP) is 2.87. The molecule has 0 saturated carbocycles. The lowest BCUT2D eigenvalue weighted by atomic mass is 9.93. The van der Waals surface area contributed by atoms with E-state index in [2.05, 4.69) is 15.0 Å². The molecule has 4 rings (SSSR count). The SMILES string of the molecule is CS(=O)(=O)c1cnc(-c2cccnc2)nc1C1CCN(C(=O)CCc2ccco2)CC1. The van der Waals surface area contributed by atoms with Crippen molar-refractivity contribution in [1.29, 1.82) is 0 Å². The Morgan fingerprint density at radius 2 is 2.00 bits per heavy atom. The highest BCUT2D eigenvalue weighted by Gasteiger charge is 2.29. The van der Waals surface area contributed by atoms with E-state index in [0.717, 1.165) is 11.3 Å². The van der Waals surface area contributed by atoms with Gasteiger partial charge in [-0.15, -0.1) is 0 Å². The van der Waals surface area contributed by atoms with Gasteiger partial charge in [0.1, 0.15) is 10.7 Å². The number of furan rings is 1. The van der Waals surface area contributed by atoms with Crippen molar-refractivity contribution in [1.82, 2.24) is 19.9 Å². The molecule has 9 heteroatoms. The minimum atomic E-state index is -3.48. The monoisotopic (exact) mass is 440 g/mol. The largest absolute Gasteiger partial charge is 0.469 e. The molecule has 0 aromatic carbocycles. The zero-order valence-corrected chi connectivity index (χ0v) is 18.1. The van der Waals surface area contributed by atoms with E-state index < -0.39 is 9.84 Å². The number of nitrogens with zero attached hydrogens (tertiary/aromatic N) is 4. The first-order valence-electron chi connectivity index (χ1n) is 10.2. The molecule has 0 aliphatic carbocycles. The van der Waals surface area contributed by atoms with Crippen molar-refractivity contribution >= 4 is 15.7 Å². The minimum absolute atomic E-state index is 0.0581. The molecule has 0 spiro atoms. The van der Waals surface area contributed by atoms with Crippen LogP contribution in [-0.2, 0) is 21.1 Å². The van der Waals surface area contributed by atoms with Gasteiger partial charge >= 0.3 is 0 Å². The lowest BCUT2D eigenvalue weighted by molar-refractivity contribution is -0.132. The van der Waals surface area contributed by atoms with Crippen molar-refractivity contribution in [2.75, 3.05) is 19.3 Å². The average molecular weight is 441 g/mol. The standard InChI is InChI=1S/C22H24N4O4S/c1-31(28,29)19-15-24-22(17-4-2-10-23-14-17)25-21(19)16-8-11-26(12-9-16)20(27)7-6-18-5-3-13-30-18/h2-5,10,13-16H,6-9,11-12H2,1H3. The zero-order valence-electron chi connectivity index (χ0n) is 17.3. The topological polar surface area (TPSA) is 106 Å². The first-order valence-corrected chi connectivity index (χ1v) is 12.1. The first-order chi connectivity index (χ1) is 14.9. The number of hydrogen-bond acceptors (Lipinski definition) is 7. The van der Waals surface area contributed by atoms with E-state index >= 15 is 0 Å². The molecule has 162 valence electrons. The highest BCUT2D eigenvalue weighted by molar-refractivity contribution is 7.90. The first kappa shape index (κ1) is 21.2. The molecule has 3 aromatic heterocycles. The third-order valence-electron chi connectivity index (χ3n) is 5.50. The van der Waals surface area contributed by atoms with Gasteiger partial charge in [-0.05, 0) is 37.1 Å². The van der Waals surface area contributed by atoms with E-state index in [1.54, 1.807) is 24.7 Å². The maximum absolute atomic E-state index is 12.6. The fourth-order valence-electron chi connectivity index (χ4n) is 3.84. The number of carbonyl (C=O) groups excluding carboxylic acids is 1. The molecule has 3 aromatic rings. The van der Waals surface area contributed by atoms with Crippen LogP contribution in [0, 0.1) is 0 Å². The molecule has 0 atom stereocenters. The van der Waals surface area contributed by atoms with Crippen LogP contribution in [0.5, 0.6) is 0 Å². The van der Waals surface area contributed by atoms with Crippen LogP contribution in [0.2, 0.25) is 0 Å². The second kappa shape index (κ2) is 8.97. The maximum atomic E-state index is 12.6. The summed E-state index contributed by atoms with van der Waals surface area (Å²) in [4.78, 5) is 27.5. The smallest absolute Gasteiger partial charge is 0.223 e. The molecule has 1 fully saturated rings. The second-order valence-corrected chi connectivity index (χ2v) is 9.68. The van der Waals surface area contributed by atoms with Crippen LogP contribution in [0.15, 0.2) is 58.4 Å². The van der Waals surface area contributed by atoms with E-state index in [-0.39, 0.29) is 16.7 Å². The van der Waals surface area contributed by atoms with Crippen molar-refractivity contribution in [3.63, 3.8) is 0 Å². The van der Waals surface area contributed by atoms with E-state index in [1.165, 1.54) is 12.5 Å². The number of sulfone groups is 1. The second-order valence-electron chi connectivity index (χ2n) is 7.69. The van der Waals surface area contributed by atoms with Crippen LogP contribution >= 0.6 is 0 Å². The molecular formula is C22H24N4O4S. The van der Waals surface area contributed by atoms with Crippen molar-refractivity contribution in [3.05, 3.63) is 60.6 Å².